The quantitative estimate of drug-likeness (QED) is 0.347. The lowest BCUT2D eigenvalue weighted by Crippen LogP contribution is -2.04. The summed E-state index contributed by atoms with van der Waals surface area (Å²) in [4.78, 5) is 4.68. The molecule has 154 valence electrons. The van der Waals surface area contributed by atoms with E-state index in [1.54, 1.807) is 48.5 Å². The molecule has 0 aliphatic heterocycles. The molecule has 0 saturated carbocycles. The molecule has 0 spiro atoms. The molecule has 31 heavy (non-hydrogen) atoms. The molecule has 0 bridgehead atoms. The van der Waals surface area contributed by atoms with Gasteiger partial charge in [0.1, 0.15) is 11.5 Å². The van der Waals surface area contributed by atoms with Gasteiger partial charge in [-0.2, -0.15) is 13.2 Å². The number of alkyl halides is 3. The van der Waals surface area contributed by atoms with E-state index in [9.17, 15) is 23.4 Å². The topological polar surface area (TPSA) is 53.4 Å². The lowest BCUT2D eigenvalue weighted by Gasteiger charge is -2.14. The van der Waals surface area contributed by atoms with Gasteiger partial charge >= 0.3 is 6.18 Å². The molecular formula is C25H16F3NO2. The molecule has 4 aromatic rings. The predicted octanol–water partition coefficient (Wildman–Crippen LogP) is 6.42. The Labute approximate surface area is 176 Å². The maximum absolute atomic E-state index is 13.3. The van der Waals surface area contributed by atoms with Crippen molar-refractivity contribution in [1.29, 1.82) is 0 Å². The van der Waals surface area contributed by atoms with Crippen LogP contribution in [0.1, 0.15) is 16.7 Å². The number of nitrogens with zero attached hydrogens (tertiary/aromatic N) is 1. The van der Waals surface area contributed by atoms with Gasteiger partial charge in [0.25, 0.3) is 0 Å². The van der Waals surface area contributed by atoms with Gasteiger partial charge in [-0.1, -0.05) is 36.4 Å². The second kappa shape index (κ2) is 6.87. The molecule has 0 fully saturated rings. The number of halogens is 3. The molecule has 2 N–H and O–H groups in total. The van der Waals surface area contributed by atoms with Crippen LogP contribution < -0.4 is 0 Å². The van der Waals surface area contributed by atoms with Gasteiger partial charge in [0.15, 0.2) is 0 Å². The molecule has 0 saturated heterocycles. The molecular weight excluding hydrogens is 403 g/mol. The van der Waals surface area contributed by atoms with E-state index in [2.05, 4.69) is 4.98 Å². The summed E-state index contributed by atoms with van der Waals surface area (Å²) in [7, 11) is 0. The van der Waals surface area contributed by atoms with E-state index in [1.807, 2.05) is 6.07 Å². The Bertz CT molecular complexity index is 1330. The fourth-order valence-electron chi connectivity index (χ4n) is 4.05. The summed E-state index contributed by atoms with van der Waals surface area (Å²) in [6, 6.07) is 18.6. The van der Waals surface area contributed by atoms with E-state index in [1.165, 1.54) is 6.07 Å². The highest BCUT2D eigenvalue weighted by atomic mass is 19.4. The van der Waals surface area contributed by atoms with Crippen LogP contribution in [0.25, 0.3) is 33.6 Å². The van der Waals surface area contributed by atoms with Crippen molar-refractivity contribution in [1.82, 2.24) is 4.98 Å². The van der Waals surface area contributed by atoms with Crippen molar-refractivity contribution in [2.24, 2.45) is 0 Å². The van der Waals surface area contributed by atoms with Gasteiger partial charge in [-0.05, 0) is 53.1 Å². The monoisotopic (exact) mass is 419 g/mol. The average Bonchev–Trinajstić information content (AvgIpc) is 3.11. The van der Waals surface area contributed by atoms with Crippen molar-refractivity contribution in [3.8, 4) is 45.1 Å². The second-order valence-corrected chi connectivity index (χ2v) is 7.50. The van der Waals surface area contributed by atoms with Gasteiger partial charge in [-0.25, -0.2) is 4.98 Å². The van der Waals surface area contributed by atoms with Crippen molar-refractivity contribution >= 4 is 0 Å². The largest absolute Gasteiger partial charge is 0.508 e. The fraction of sp³-hybridized carbons (Fsp3) is 0.0800. The molecule has 3 aromatic carbocycles. The normalized spacial score (nSPS) is 12.5. The molecule has 0 radical (unpaired) electrons. The van der Waals surface area contributed by atoms with Crippen LogP contribution in [0.3, 0.4) is 0 Å². The third-order valence-corrected chi connectivity index (χ3v) is 5.52. The van der Waals surface area contributed by atoms with Gasteiger partial charge in [0, 0.05) is 23.1 Å². The molecule has 0 atom stereocenters. The van der Waals surface area contributed by atoms with Gasteiger partial charge in [-0.15, -0.1) is 0 Å². The lowest BCUT2D eigenvalue weighted by molar-refractivity contribution is -0.137. The van der Waals surface area contributed by atoms with Gasteiger partial charge in [0.05, 0.1) is 17.0 Å². The summed E-state index contributed by atoms with van der Waals surface area (Å²) in [6.45, 7) is 0. The van der Waals surface area contributed by atoms with Crippen LogP contribution in [0.4, 0.5) is 13.2 Å². The standard InChI is InChI=1S/C25H16F3NO2/c26-25(27,28)16-5-3-4-15(10-16)22-13-20(18-6-1-2-7-23(18)31)21-11-14-8-9-17(30)12-19(14)24(21)29-22/h1-10,12-13,30-31H,11H2. The Morgan fingerprint density at radius 2 is 1.58 bits per heavy atom. The number of hydrogen-bond acceptors (Lipinski definition) is 3. The molecule has 0 amide bonds. The predicted molar refractivity (Wildman–Crippen MR) is 112 cm³/mol. The Kier molecular flexibility index (Phi) is 4.25. The zero-order valence-corrected chi connectivity index (χ0v) is 16.1. The highest BCUT2D eigenvalue weighted by molar-refractivity contribution is 5.87. The average molecular weight is 419 g/mol. The number of rotatable bonds is 2. The van der Waals surface area contributed by atoms with E-state index in [0.29, 0.717) is 34.5 Å². The maximum Gasteiger partial charge on any atom is 0.416 e. The van der Waals surface area contributed by atoms with Crippen LogP contribution in [0, 0.1) is 0 Å². The Balaban J connectivity index is 1.78. The molecule has 1 aromatic heterocycles. The first-order valence-electron chi connectivity index (χ1n) is 9.63. The van der Waals surface area contributed by atoms with Crippen molar-refractivity contribution in [3.63, 3.8) is 0 Å². The third kappa shape index (κ3) is 3.30. The van der Waals surface area contributed by atoms with Crippen molar-refractivity contribution < 1.29 is 23.4 Å². The first-order valence-corrected chi connectivity index (χ1v) is 9.63. The van der Waals surface area contributed by atoms with Crippen LogP contribution in [0.2, 0.25) is 0 Å². The van der Waals surface area contributed by atoms with Gasteiger partial charge in [-0.3, -0.25) is 0 Å². The summed E-state index contributed by atoms with van der Waals surface area (Å²) in [5, 5.41) is 20.4. The van der Waals surface area contributed by atoms with Crippen LogP contribution in [0.5, 0.6) is 11.5 Å². The van der Waals surface area contributed by atoms with Crippen LogP contribution in [-0.2, 0) is 12.6 Å². The van der Waals surface area contributed by atoms with E-state index < -0.39 is 11.7 Å². The summed E-state index contributed by atoms with van der Waals surface area (Å²) in [5.74, 6) is 0.159. The molecule has 3 nitrogen and oxygen atoms in total. The van der Waals surface area contributed by atoms with Crippen molar-refractivity contribution in [2.75, 3.05) is 0 Å². The first kappa shape index (κ1) is 19.2. The lowest BCUT2D eigenvalue weighted by atomic mass is 9.95. The molecule has 1 aliphatic rings. The van der Waals surface area contributed by atoms with Gasteiger partial charge < -0.3 is 10.2 Å². The number of para-hydroxylation sites is 1. The molecule has 1 aliphatic carbocycles. The minimum atomic E-state index is -4.47. The molecule has 5 rings (SSSR count). The summed E-state index contributed by atoms with van der Waals surface area (Å²) in [6.07, 6.45) is -3.92. The summed E-state index contributed by atoms with van der Waals surface area (Å²) >= 11 is 0. The maximum atomic E-state index is 13.3. The van der Waals surface area contributed by atoms with Crippen LogP contribution >= 0.6 is 0 Å². The second-order valence-electron chi connectivity index (χ2n) is 7.50. The molecule has 0 unspecified atom stereocenters. The minimum absolute atomic E-state index is 0.0738. The zero-order chi connectivity index (χ0) is 21.8. The zero-order valence-electron chi connectivity index (χ0n) is 16.1. The summed E-state index contributed by atoms with van der Waals surface area (Å²) in [5.41, 5.74) is 4.35. The van der Waals surface area contributed by atoms with E-state index in [-0.39, 0.29) is 11.5 Å². The van der Waals surface area contributed by atoms with Crippen molar-refractivity contribution in [3.05, 3.63) is 89.5 Å². The van der Waals surface area contributed by atoms with E-state index >= 15 is 0 Å². The van der Waals surface area contributed by atoms with Crippen LogP contribution in [0.15, 0.2) is 72.8 Å². The number of phenolic OH excluding ortho intramolecular Hbond substituents is 2. The Morgan fingerprint density at radius 3 is 2.35 bits per heavy atom. The van der Waals surface area contributed by atoms with E-state index in [4.69, 9.17) is 0 Å². The Hall–Kier alpha value is -3.80. The number of aromatic hydroxyl groups is 2. The van der Waals surface area contributed by atoms with Gasteiger partial charge in [0.2, 0.25) is 0 Å². The van der Waals surface area contributed by atoms with E-state index in [0.717, 1.165) is 28.8 Å². The molecule has 6 heteroatoms. The smallest absolute Gasteiger partial charge is 0.416 e. The molecule has 1 heterocycles. The number of benzene rings is 3. The SMILES string of the molecule is Oc1ccc2c(c1)-c1nc(-c3cccc(C(F)(F)F)c3)cc(-c3ccccc3O)c1C2. The Morgan fingerprint density at radius 1 is 0.774 bits per heavy atom. The number of hydrogen-bond donors (Lipinski definition) is 2. The van der Waals surface area contributed by atoms with Crippen LogP contribution in [-0.4, -0.2) is 15.2 Å². The number of aromatic nitrogens is 1. The minimum Gasteiger partial charge on any atom is -0.508 e. The fourth-order valence-corrected chi connectivity index (χ4v) is 4.05. The third-order valence-electron chi connectivity index (χ3n) is 5.52. The number of pyridine rings is 1. The highest BCUT2D eigenvalue weighted by Gasteiger charge is 2.31. The number of phenols is 2. The number of fused-ring (bicyclic) bond motifs is 3. The summed E-state index contributed by atoms with van der Waals surface area (Å²) < 4.78 is 39.8. The highest BCUT2D eigenvalue weighted by Crippen LogP contribution is 2.45. The van der Waals surface area contributed by atoms with Crippen molar-refractivity contribution in [2.45, 2.75) is 12.6 Å². The first-order chi connectivity index (χ1) is 14.8.